The van der Waals surface area contributed by atoms with Crippen LogP contribution in [0.2, 0.25) is 0 Å². The van der Waals surface area contributed by atoms with Crippen LogP contribution < -0.4 is 0 Å². The molecule has 0 aromatic carbocycles. The Hall–Kier alpha value is -0.260. The number of carbonyl (C=O) groups is 1. The van der Waals surface area contributed by atoms with Crippen LogP contribution >= 0.6 is 11.8 Å². The Morgan fingerprint density at radius 2 is 1.82 bits per heavy atom. The zero-order valence-electron chi connectivity index (χ0n) is 14.2. The van der Waals surface area contributed by atoms with Gasteiger partial charge in [-0.25, -0.2) is 0 Å². The van der Waals surface area contributed by atoms with Gasteiger partial charge in [-0.15, -0.1) is 0 Å². The van der Waals surface area contributed by atoms with Crippen LogP contribution in [0.15, 0.2) is 0 Å². The summed E-state index contributed by atoms with van der Waals surface area (Å²) < 4.78 is 0. The van der Waals surface area contributed by atoms with Gasteiger partial charge in [-0.05, 0) is 58.0 Å². The smallest absolute Gasteiger partial charge is 0.225 e. The first kappa shape index (κ1) is 16.6. The molecule has 0 radical (unpaired) electrons. The molecule has 0 aromatic heterocycles. The van der Waals surface area contributed by atoms with E-state index in [4.69, 9.17) is 0 Å². The molecule has 0 spiro atoms. The van der Waals surface area contributed by atoms with E-state index in [1.165, 1.54) is 30.8 Å². The summed E-state index contributed by atoms with van der Waals surface area (Å²) in [7, 11) is 4.18. The van der Waals surface area contributed by atoms with Crippen molar-refractivity contribution in [3.63, 3.8) is 0 Å². The number of likely N-dealkylation sites (tertiary alicyclic amines) is 1. The lowest BCUT2D eigenvalue weighted by atomic mass is 9.94. The number of hydrogen-bond acceptors (Lipinski definition) is 4. The van der Waals surface area contributed by atoms with Crippen molar-refractivity contribution in [2.75, 3.05) is 51.8 Å². The first-order valence-corrected chi connectivity index (χ1v) is 10.1. The van der Waals surface area contributed by atoms with E-state index in [0.29, 0.717) is 5.91 Å². The fourth-order valence-electron chi connectivity index (χ4n) is 3.75. The number of rotatable bonds is 6. The Bertz CT molecular complexity index is 374. The summed E-state index contributed by atoms with van der Waals surface area (Å²) >= 11 is 2.08. The Labute approximate surface area is 139 Å². The van der Waals surface area contributed by atoms with Gasteiger partial charge in [-0.1, -0.05) is 0 Å². The van der Waals surface area contributed by atoms with Crippen LogP contribution in [0.25, 0.3) is 0 Å². The molecule has 1 aliphatic carbocycles. The fourth-order valence-corrected chi connectivity index (χ4v) is 5.00. The molecule has 2 saturated heterocycles. The monoisotopic (exact) mass is 325 g/mol. The van der Waals surface area contributed by atoms with E-state index in [1.54, 1.807) is 0 Å². The molecule has 22 heavy (non-hydrogen) atoms. The summed E-state index contributed by atoms with van der Waals surface area (Å²) in [5, 5.41) is 0. The van der Waals surface area contributed by atoms with Gasteiger partial charge in [0.2, 0.25) is 5.91 Å². The van der Waals surface area contributed by atoms with Crippen molar-refractivity contribution < 1.29 is 4.79 Å². The predicted molar refractivity (Wildman–Crippen MR) is 93.3 cm³/mol. The minimum Gasteiger partial charge on any atom is -0.344 e. The third-order valence-corrected chi connectivity index (χ3v) is 6.78. The van der Waals surface area contributed by atoms with Crippen LogP contribution in [-0.2, 0) is 4.79 Å². The number of piperidine rings is 1. The third-order valence-electron chi connectivity index (χ3n) is 5.64. The maximum absolute atomic E-state index is 12.6. The SMILES string of the molecule is CN(CCN(C)C1CC1)C(=O)C1CCN([C@H]2CCSC2)CC1. The molecular formula is C17H31N3OS. The van der Waals surface area contributed by atoms with Gasteiger partial charge in [0.25, 0.3) is 0 Å². The van der Waals surface area contributed by atoms with Gasteiger partial charge in [-0.3, -0.25) is 9.69 Å². The molecule has 3 fully saturated rings. The number of likely N-dealkylation sites (N-methyl/N-ethyl adjacent to an activating group) is 2. The first-order valence-electron chi connectivity index (χ1n) is 8.92. The van der Waals surface area contributed by atoms with Gasteiger partial charge in [0, 0.05) is 43.9 Å². The molecule has 1 saturated carbocycles. The molecule has 3 rings (SSSR count). The normalized spacial score (nSPS) is 27.5. The first-order chi connectivity index (χ1) is 10.6. The lowest BCUT2D eigenvalue weighted by Crippen LogP contribution is -2.46. The quantitative estimate of drug-likeness (QED) is 0.743. The molecule has 0 N–H and O–H groups in total. The zero-order valence-corrected chi connectivity index (χ0v) is 15.0. The predicted octanol–water partition coefficient (Wildman–Crippen LogP) is 1.76. The van der Waals surface area contributed by atoms with Crippen LogP contribution in [0, 0.1) is 5.92 Å². The van der Waals surface area contributed by atoms with Crippen molar-refractivity contribution in [3.8, 4) is 0 Å². The molecule has 126 valence electrons. The summed E-state index contributed by atoms with van der Waals surface area (Å²) in [6, 6.07) is 1.57. The van der Waals surface area contributed by atoms with Crippen LogP contribution in [0.1, 0.15) is 32.1 Å². The molecule has 0 unspecified atom stereocenters. The van der Waals surface area contributed by atoms with Crippen LogP contribution in [0.5, 0.6) is 0 Å². The van der Waals surface area contributed by atoms with Gasteiger partial charge < -0.3 is 9.80 Å². The largest absolute Gasteiger partial charge is 0.344 e. The average molecular weight is 326 g/mol. The van der Waals surface area contributed by atoms with Gasteiger partial charge >= 0.3 is 0 Å². The van der Waals surface area contributed by atoms with Gasteiger partial charge in [-0.2, -0.15) is 11.8 Å². The van der Waals surface area contributed by atoms with Crippen molar-refractivity contribution in [2.24, 2.45) is 5.92 Å². The summed E-state index contributed by atoms with van der Waals surface area (Å²) in [4.78, 5) is 19.6. The number of thioether (sulfide) groups is 1. The van der Waals surface area contributed by atoms with Crippen LogP contribution in [0.3, 0.4) is 0 Å². The Morgan fingerprint density at radius 3 is 2.41 bits per heavy atom. The molecule has 3 aliphatic rings. The highest BCUT2D eigenvalue weighted by molar-refractivity contribution is 7.99. The van der Waals surface area contributed by atoms with Gasteiger partial charge in [0.05, 0.1) is 0 Å². The maximum atomic E-state index is 12.6. The molecule has 5 heteroatoms. The molecule has 1 amide bonds. The highest BCUT2D eigenvalue weighted by atomic mass is 32.2. The second kappa shape index (κ2) is 7.54. The molecule has 2 aliphatic heterocycles. The lowest BCUT2D eigenvalue weighted by molar-refractivity contribution is -0.136. The summed E-state index contributed by atoms with van der Waals surface area (Å²) in [6.07, 6.45) is 6.14. The highest BCUT2D eigenvalue weighted by Crippen LogP contribution is 2.28. The van der Waals surface area contributed by atoms with Crippen molar-refractivity contribution in [1.82, 2.24) is 14.7 Å². The van der Waals surface area contributed by atoms with Crippen molar-refractivity contribution in [3.05, 3.63) is 0 Å². The molecule has 1 atom stereocenters. The number of nitrogens with zero attached hydrogens (tertiary/aromatic N) is 3. The summed E-state index contributed by atoms with van der Waals surface area (Å²) in [6.45, 7) is 4.14. The van der Waals surface area contributed by atoms with Crippen molar-refractivity contribution >= 4 is 17.7 Å². The Kier molecular flexibility index (Phi) is 5.69. The van der Waals surface area contributed by atoms with Crippen LogP contribution in [-0.4, -0.2) is 84.5 Å². The minimum absolute atomic E-state index is 0.265. The second-order valence-corrected chi connectivity index (χ2v) is 8.45. The average Bonchev–Trinajstić information content (AvgIpc) is 3.26. The third kappa shape index (κ3) is 4.18. The fraction of sp³-hybridized carbons (Fsp3) is 0.941. The van der Waals surface area contributed by atoms with E-state index >= 15 is 0 Å². The van der Waals surface area contributed by atoms with E-state index in [0.717, 1.165) is 51.1 Å². The van der Waals surface area contributed by atoms with Gasteiger partial charge in [0.15, 0.2) is 0 Å². The lowest BCUT2D eigenvalue weighted by Gasteiger charge is -2.36. The topological polar surface area (TPSA) is 26.8 Å². The molecule has 0 bridgehead atoms. The minimum atomic E-state index is 0.265. The Balaban J connectivity index is 1.38. The summed E-state index contributed by atoms with van der Waals surface area (Å²) in [5.41, 5.74) is 0. The number of carbonyl (C=O) groups excluding carboxylic acids is 1. The van der Waals surface area contributed by atoms with E-state index in [9.17, 15) is 4.79 Å². The Morgan fingerprint density at radius 1 is 1.09 bits per heavy atom. The molecule has 4 nitrogen and oxygen atoms in total. The summed E-state index contributed by atoms with van der Waals surface area (Å²) in [5.74, 6) is 3.26. The maximum Gasteiger partial charge on any atom is 0.225 e. The van der Waals surface area contributed by atoms with Crippen LogP contribution in [0.4, 0.5) is 0 Å². The van der Waals surface area contributed by atoms with Crippen molar-refractivity contribution in [2.45, 2.75) is 44.2 Å². The van der Waals surface area contributed by atoms with Gasteiger partial charge in [0.1, 0.15) is 0 Å². The molecule has 2 heterocycles. The standard InChI is InChI=1S/C17H31N3OS/c1-18(15-3-4-15)10-11-19(2)17(21)14-5-8-20(9-6-14)16-7-12-22-13-16/h14-16H,3-13H2,1-2H3/t16-/m0/s1. The van der Waals surface area contributed by atoms with E-state index in [-0.39, 0.29) is 5.92 Å². The van der Waals surface area contributed by atoms with E-state index in [2.05, 4.69) is 28.6 Å². The van der Waals surface area contributed by atoms with E-state index in [1.807, 2.05) is 11.9 Å². The number of hydrogen-bond donors (Lipinski definition) is 0. The van der Waals surface area contributed by atoms with Crippen molar-refractivity contribution in [1.29, 1.82) is 0 Å². The molecule has 0 aromatic rings. The zero-order chi connectivity index (χ0) is 15.5. The van der Waals surface area contributed by atoms with E-state index < -0.39 is 0 Å². The number of amides is 1. The highest BCUT2D eigenvalue weighted by Gasteiger charge is 2.32. The molecular weight excluding hydrogens is 294 g/mol. The second-order valence-electron chi connectivity index (χ2n) is 7.30.